The third kappa shape index (κ3) is 6.20. The summed E-state index contributed by atoms with van der Waals surface area (Å²) in [5, 5.41) is 2.85. The molecule has 0 aromatic heterocycles. The summed E-state index contributed by atoms with van der Waals surface area (Å²) in [5.74, 6) is 0.213. The van der Waals surface area contributed by atoms with Crippen LogP contribution in [0, 0.1) is 0 Å². The lowest BCUT2D eigenvalue weighted by molar-refractivity contribution is -0.121. The van der Waals surface area contributed by atoms with Gasteiger partial charge in [0.2, 0.25) is 15.9 Å². The van der Waals surface area contributed by atoms with Gasteiger partial charge in [-0.3, -0.25) is 4.79 Å². The summed E-state index contributed by atoms with van der Waals surface area (Å²) in [7, 11) is 0.272. The second kappa shape index (κ2) is 10.3. The highest BCUT2D eigenvalue weighted by molar-refractivity contribution is 7.89. The first-order valence-electron chi connectivity index (χ1n) is 9.29. The first kappa shape index (κ1) is 22.7. The minimum Gasteiger partial charge on any atom is -0.497 e. The predicted molar refractivity (Wildman–Crippen MR) is 112 cm³/mol. The molecule has 1 N–H and O–H groups in total. The van der Waals surface area contributed by atoms with Gasteiger partial charge in [-0.15, -0.1) is 0 Å². The number of benzene rings is 2. The average Bonchev–Trinajstić information content (AvgIpc) is 2.72. The summed E-state index contributed by atoms with van der Waals surface area (Å²) >= 11 is 0. The topological polar surface area (TPSA) is 84.9 Å². The van der Waals surface area contributed by atoms with Crippen LogP contribution in [0.2, 0.25) is 0 Å². The minimum atomic E-state index is -3.93. The number of rotatable bonds is 10. The summed E-state index contributed by atoms with van der Waals surface area (Å²) in [6.45, 7) is 1.61. The molecule has 0 saturated carbocycles. The van der Waals surface area contributed by atoms with Gasteiger partial charge in [0.15, 0.2) is 0 Å². The van der Waals surface area contributed by atoms with Crippen molar-refractivity contribution in [2.45, 2.75) is 30.7 Å². The fourth-order valence-electron chi connectivity index (χ4n) is 2.86. The maximum absolute atomic E-state index is 12.9. The number of likely N-dealkylation sites (N-methyl/N-ethyl adjacent to an activating group) is 1. The van der Waals surface area contributed by atoms with Crippen molar-refractivity contribution in [2.24, 2.45) is 0 Å². The number of aryl methyl sites for hydroxylation is 1. The zero-order chi connectivity index (χ0) is 21.4. The highest BCUT2D eigenvalue weighted by atomic mass is 32.2. The summed E-state index contributed by atoms with van der Waals surface area (Å²) < 4.78 is 37.1. The molecule has 2 rings (SSSR count). The van der Waals surface area contributed by atoms with E-state index in [1.165, 1.54) is 39.0 Å². The van der Waals surface area contributed by atoms with Crippen LogP contribution >= 0.6 is 0 Å². The molecule has 0 heterocycles. The molecule has 0 saturated heterocycles. The number of sulfonamides is 1. The number of hydrogen-bond donors (Lipinski definition) is 1. The number of nitrogens with one attached hydrogen (secondary N) is 1. The van der Waals surface area contributed by atoms with Gasteiger partial charge < -0.3 is 14.8 Å². The Morgan fingerprint density at radius 3 is 2.41 bits per heavy atom. The average molecular weight is 421 g/mol. The third-order valence-corrected chi connectivity index (χ3v) is 6.37. The number of ether oxygens (including phenoxy) is 2. The van der Waals surface area contributed by atoms with E-state index < -0.39 is 10.0 Å². The lowest BCUT2D eigenvalue weighted by atomic mass is 10.1. The second-order valence-corrected chi connectivity index (χ2v) is 8.78. The standard InChI is InChI=1S/C21H28N2O5S/c1-16(10-11-17-8-6-5-7-9-17)22-21(24)15-23(2)29(25,26)20-14-18(27-3)12-13-19(20)28-4/h5-9,12-14,16H,10-11,15H2,1-4H3,(H,22,24)/t16-/m0/s1. The van der Waals surface area contributed by atoms with Gasteiger partial charge in [0.05, 0.1) is 20.8 Å². The molecule has 29 heavy (non-hydrogen) atoms. The van der Waals surface area contributed by atoms with Crippen LogP contribution in [0.4, 0.5) is 0 Å². The molecule has 0 fully saturated rings. The van der Waals surface area contributed by atoms with Crippen LogP contribution in [0.3, 0.4) is 0 Å². The highest BCUT2D eigenvalue weighted by Crippen LogP contribution is 2.30. The van der Waals surface area contributed by atoms with Crippen LogP contribution in [0.25, 0.3) is 0 Å². The second-order valence-electron chi connectivity index (χ2n) is 6.77. The first-order chi connectivity index (χ1) is 13.8. The Morgan fingerprint density at radius 2 is 1.79 bits per heavy atom. The van der Waals surface area contributed by atoms with Crippen molar-refractivity contribution in [3.8, 4) is 11.5 Å². The predicted octanol–water partition coefficient (Wildman–Crippen LogP) is 2.46. The number of carbonyl (C=O) groups is 1. The van der Waals surface area contributed by atoms with E-state index in [2.05, 4.69) is 5.32 Å². The van der Waals surface area contributed by atoms with Crippen molar-refractivity contribution in [3.05, 3.63) is 54.1 Å². The summed E-state index contributed by atoms with van der Waals surface area (Å²) in [4.78, 5) is 12.3. The lowest BCUT2D eigenvalue weighted by Crippen LogP contribution is -2.41. The van der Waals surface area contributed by atoms with Crippen LogP contribution in [0.1, 0.15) is 18.9 Å². The van der Waals surface area contributed by atoms with Crippen LogP contribution in [0.15, 0.2) is 53.4 Å². The zero-order valence-corrected chi connectivity index (χ0v) is 18.0. The van der Waals surface area contributed by atoms with Crippen molar-refractivity contribution in [2.75, 3.05) is 27.8 Å². The summed E-state index contributed by atoms with van der Waals surface area (Å²) in [5.41, 5.74) is 1.19. The molecule has 0 bridgehead atoms. The van der Waals surface area contributed by atoms with E-state index in [0.29, 0.717) is 5.75 Å². The van der Waals surface area contributed by atoms with Gasteiger partial charge in [-0.2, -0.15) is 4.31 Å². The molecule has 0 aliphatic heterocycles. The number of carbonyl (C=O) groups excluding carboxylic acids is 1. The van der Waals surface area contributed by atoms with E-state index in [1.807, 2.05) is 37.3 Å². The Hall–Kier alpha value is -2.58. The Morgan fingerprint density at radius 1 is 1.10 bits per heavy atom. The van der Waals surface area contributed by atoms with E-state index in [9.17, 15) is 13.2 Å². The normalized spacial score (nSPS) is 12.4. The molecule has 1 atom stereocenters. The third-order valence-electron chi connectivity index (χ3n) is 4.54. The molecule has 8 heteroatoms. The number of hydrogen-bond acceptors (Lipinski definition) is 5. The van der Waals surface area contributed by atoms with Crippen LogP contribution < -0.4 is 14.8 Å². The maximum Gasteiger partial charge on any atom is 0.247 e. The summed E-state index contributed by atoms with van der Waals surface area (Å²) in [6, 6.07) is 14.4. The largest absolute Gasteiger partial charge is 0.497 e. The van der Waals surface area contributed by atoms with E-state index in [-0.39, 0.29) is 29.1 Å². The van der Waals surface area contributed by atoms with Gasteiger partial charge >= 0.3 is 0 Å². The Balaban J connectivity index is 1.99. The molecule has 0 aliphatic rings. The molecule has 0 aliphatic carbocycles. The molecule has 0 spiro atoms. The van der Waals surface area contributed by atoms with Crippen LogP contribution in [-0.2, 0) is 21.2 Å². The molecule has 1 amide bonds. The van der Waals surface area contributed by atoms with Gasteiger partial charge in [0.1, 0.15) is 16.4 Å². The van der Waals surface area contributed by atoms with Crippen molar-refractivity contribution < 1.29 is 22.7 Å². The first-order valence-corrected chi connectivity index (χ1v) is 10.7. The molecule has 158 valence electrons. The van der Waals surface area contributed by atoms with E-state index in [0.717, 1.165) is 17.1 Å². The van der Waals surface area contributed by atoms with Gasteiger partial charge in [-0.1, -0.05) is 30.3 Å². The fourth-order valence-corrected chi connectivity index (χ4v) is 4.15. The molecular formula is C21H28N2O5S. The van der Waals surface area contributed by atoms with Crippen molar-refractivity contribution >= 4 is 15.9 Å². The van der Waals surface area contributed by atoms with Crippen molar-refractivity contribution in [1.29, 1.82) is 0 Å². The lowest BCUT2D eigenvalue weighted by Gasteiger charge is -2.20. The fraction of sp³-hybridized carbons (Fsp3) is 0.381. The Labute approximate surface area is 172 Å². The highest BCUT2D eigenvalue weighted by Gasteiger charge is 2.27. The SMILES string of the molecule is COc1ccc(OC)c(S(=O)(=O)N(C)CC(=O)N[C@@H](C)CCc2ccccc2)c1. The zero-order valence-electron chi connectivity index (χ0n) is 17.2. The molecule has 0 unspecified atom stereocenters. The van der Waals surface area contributed by atoms with Crippen LogP contribution in [0.5, 0.6) is 11.5 Å². The molecule has 2 aromatic carbocycles. The Kier molecular flexibility index (Phi) is 8.04. The maximum atomic E-state index is 12.9. The summed E-state index contributed by atoms with van der Waals surface area (Å²) in [6.07, 6.45) is 1.59. The molecule has 7 nitrogen and oxygen atoms in total. The van der Waals surface area contributed by atoms with E-state index in [1.54, 1.807) is 6.07 Å². The number of methoxy groups -OCH3 is 2. The van der Waals surface area contributed by atoms with Gasteiger partial charge in [-0.05, 0) is 37.5 Å². The van der Waals surface area contributed by atoms with Crippen molar-refractivity contribution in [1.82, 2.24) is 9.62 Å². The number of nitrogens with zero attached hydrogens (tertiary/aromatic N) is 1. The van der Waals surface area contributed by atoms with Gasteiger partial charge in [0.25, 0.3) is 0 Å². The van der Waals surface area contributed by atoms with Crippen molar-refractivity contribution in [3.63, 3.8) is 0 Å². The monoisotopic (exact) mass is 420 g/mol. The quantitative estimate of drug-likeness (QED) is 0.638. The molecule has 0 radical (unpaired) electrons. The van der Waals surface area contributed by atoms with Crippen LogP contribution in [-0.4, -0.2) is 52.5 Å². The molecule has 2 aromatic rings. The molecular weight excluding hydrogens is 392 g/mol. The van der Waals surface area contributed by atoms with E-state index in [4.69, 9.17) is 9.47 Å². The smallest absolute Gasteiger partial charge is 0.247 e. The number of amides is 1. The van der Waals surface area contributed by atoms with E-state index >= 15 is 0 Å². The van der Waals surface area contributed by atoms with Gasteiger partial charge in [0, 0.05) is 19.2 Å². The van der Waals surface area contributed by atoms with Gasteiger partial charge in [-0.25, -0.2) is 8.42 Å². The minimum absolute atomic E-state index is 0.0493. The Bertz CT molecular complexity index is 916.